The molecule has 0 heterocycles. The lowest BCUT2D eigenvalue weighted by Gasteiger charge is -2.12. The largest absolute Gasteiger partial charge is 0.391 e. The van der Waals surface area contributed by atoms with Crippen LogP contribution in [0.5, 0.6) is 0 Å². The lowest BCUT2D eigenvalue weighted by Crippen LogP contribution is -2.31. The average Bonchev–Trinajstić information content (AvgIpc) is 2.42. The smallest absolute Gasteiger partial charge is 0.269 e. The summed E-state index contributed by atoms with van der Waals surface area (Å²) in [5.41, 5.74) is 0.701. The standard InChI is InChI=1S/C15H20N2O4/c1-11(2)9-14(18)10-16-15(19)8-5-12-3-6-13(7-4-12)17(20)21/h3-8,11,14,18H,9-10H2,1-2H3,(H,16,19)/b8-5+. The first kappa shape index (κ1) is 16.8. The van der Waals surface area contributed by atoms with Gasteiger partial charge in [0.15, 0.2) is 0 Å². The molecule has 1 aromatic rings. The second-order valence-corrected chi connectivity index (χ2v) is 5.21. The van der Waals surface area contributed by atoms with E-state index in [2.05, 4.69) is 5.32 Å². The fourth-order valence-corrected chi connectivity index (χ4v) is 1.78. The third-order valence-corrected chi connectivity index (χ3v) is 2.79. The van der Waals surface area contributed by atoms with Crippen molar-refractivity contribution in [2.45, 2.75) is 26.4 Å². The van der Waals surface area contributed by atoms with Crippen LogP contribution in [0.15, 0.2) is 30.3 Å². The first-order valence-electron chi connectivity index (χ1n) is 6.77. The van der Waals surface area contributed by atoms with E-state index in [0.29, 0.717) is 17.9 Å². The Bertz CT molecular complexity index is 509. The van der Waals surface area contributed by atoms with Gasteiger partial charge in [-0.2, -0.15) is 0 Å². The van der Waals surface area contributed by atoms with E-state index in [4.69, 9.17) is 0 Å². The van der Waals surface area contributed by atoms with E-state index in [0.717, 1.165) is 0 Å². The molecule has 0 aliphatic rings. The molecule has 6 heteroatoms. The van der Waals surface area contributed by atoms with Gasteiger partial charge in [0.1, 0.15) is 0 Å². The van der Waals surface area contributed by atoms with Gasteiger partial charge in [0, 0.05) is 24.8 Å². The second kappa shape index (κ2) is 8.16. The summed E-state index contributed by atoms with van der Waals surface area (Å²) in [5.74, 6) is 0.0590. The highest BCUT2D eigenvalue weighted by Crippen LogP contribution is 2.12. The molecule has 1 aromatic carbocycles. The fourth-order valence-electron chi connectivity index (χ4n) is 1.78. The SMILES string of the molecule is CC(C)CC(O)CNC(=O)/C=C/c1ccc([N+](=O)[O-])cc1. The van der Waals surface area contributed by atoms with Crippen molar-refractivity contribution in [1.29, 1.82) is 0 Å². The van der Waals surface area contributed by atoms with Crippen LogP contribution in [0, 0.1) is 16.0 Å². The van der Waals surface area contributed by atoms with Crippen molar-refractivity contribution < 1.29 is 14.8 Å². The number of nitrogens with zero attached hydrogens (tertiary/aromatic N) is 1. The monoisotopic (exact) mass is 292 g/mol. The van der Waals surface area contributed by atoms with Gasteiger partial charge in [-0.15, -0.1) is 0 Å². The average molecular weight is 292 g/mol. The number of hydrogen-bond acceptors (Lipinski definition) is 4. The molecule has 114 valence electrons. The van der Waals surface area contributed by atoms with Crippen LogP contribution in [0.25, 0.3) is 6.08 Å². The van der Waals surface area contributed by atoms with Crippen LogP contribution in [0.3, 0.4) is 0 Å². The summed E-state index contributed by atoms with van der Waals surface area (Å²) in [6.45, 7) is 4.21. The van der Waals surface area contributed by atoms with E-state index < -0.39 is 11.0 Å². The molecule has 21 heavy (non-hydrogen) atoms. The molecule has 0 fully saturated rings. The van der Waals surface area contributed by atoms with E-state index in [9.17, 15) is 20.0 Å². The number of nitrogens with one attached hydrogen (secondary N) is 1. The van der Waals surface area contributed by atoms with E-state index >= 15 is 0 Å². The zero-order valence-corrected chi connectivity index (χ0v) is 12.2. The molecular weight excluding hydrogens is 272 g/mol. The molecule has 2 N–H and O–H groups in total. The van der Waals surface area contributed by atoms with Crippen LogP contribution in [-0.4, -0.2) is 28.6 Å². The third-order valence-electron chi connectivity index (χ3n) is 2.79. The molecule has 1 amide bonds. The molecule has 0 aromatic heterocycles. The molecule has 0 saturated heterocycles. The number of benzene rings is 1. The van der Waals surface area contributed by atoms with Gasteiger partial charge in [0.2, 0.25) is 5.91 Å². The van der Waals surface area contributed by atoms with Crippen LogP contribution in [0.1, 0.15) is 25.8 Å². The van der Waals surface area contributed by atoms with Crippen molar-refractivity contribution >= 4 is 17.7 Å². The highest BCUT2D eigenvalue weighted by molar-refractivity contribution is 5.91. The summed E-state index contributed by atoms with van der Waals surface area (Å²) in [6, 6.07) is 5.89. The minimum Gasteiger partial charge on any atom is -0.391 e. The van der Waals surface area contributed by atoms with Crippen molar-refractivity contribution in [1.82, 2.24) is 5.32 Å². The van der Waals surface area contributed by atoms with Crippen LogP contribution in [0.4, 0.5) is 5.69 Å². The molecule has 0 aliphatic carbocycles. The molecule has 6 nitrogen and oxygen atoms in total. The van der Waals surface area contributed by atoms with Gasteiger partial charge in [-0.3, -0.25) is 14.9 Å². The number of aliphatic hydroxyl groups excluding tert-OH is 1. The summed E-state index contributed by atoms with van der Waals surface area (Å²) < 4.78 is 0. The van der Waals surface area contributed by atoms with Crippen LogP contribution in [0.2, 0.25) is 0 Å². The van der Waals surface area contributed by atoms with E-state index in [1.165, 1.54) is 18.2 Å². The maximum Gasteiger partial charge on any atom is 0.269 e. The number of carbonyl (C=O) groups excluding carboxylic acids is 1. The predicted octanol–water partition coefficient (Wildman–Crippen LogP) is 2.13. The first-order chi connectivity index (χ1) is 9.88. The van der Waals surface area contributed by atoms with Crippen LogP contribution in [-0.2, 0) is 4.79 Å². The number of aliphatic hydroxyl groups is 1. The van der Waals surface area contributed by atoms with Gasteiger partial charge in [-0.05, 0) is 36.1 Å². The Morgan fingerprint density at radius 3 is 2.52 bits per heavy atom. The van der Waals surface area contributed by atoms with Crippen LogP contribution >= 0.6 is 0 Å². The van der Waals surface area contributed by atoms with Crippen molar-refractivity contribution in [3.05, 3.63) is 46.0 Å². The summed E-state index contributed by atoms with van der Waals surface area (Å²) in [4.78, 5) is 21.6. The number of carbonyl (C=O) groups is 1. The lowest BCUT2D eigenvalue weighted by molar-refractivity contribution is -0.384. The Morgan fingerprint density at radius 2 is 2.00 bits per heavy atom. The highest BCUT2D eigenvalue weighted by Gasteiger charge is 2.07. The van der Waals surface area contributed by atoms with Gasteiger partial charge < -0.3 is 10.4 Å². The summed E-state index contributed by atoms with van der Waals surface area (Å²) in [6.07, 6.45) is 2.98. The van der Waals surface area contributed by atoms with E-state index in [1.54, 1.807) is 18.2 Å². The first-order valence-corrected chi connectivity index (χ1v) is 6.77. The van der Waals surface area contributed by atoms with Gasteiger partial charge in [-0.1, -0.05) is 13.8 Å². The van der Waals surface area contributed by atoms with Crippen molar-refractivity contribution in [2.75, 3.05) is 6.54 Å². The van der Waals surface area contributed by atoms with Crippen molar-refractivity contribution in [2.24, 2.45) is 5.92 Å². The van der Waals surface area contributed by atoms with Crippen LogP contribution < -0.4 is 5.32 Å². The summed E-state index contributed by atoms with van der Waals surface area (Å²) in [7, 11) is 0. The Morgan fingerprint density at radius 1 is 1.38 bits per heavy atom. The molecule has 0 saturated carbocycles. The van der Waals surface area contributed by atoms with Crippen molar-refractivity contribution in [3.8, 4) is 0 Å². The maximum absolute atomic E-state index is 11.6. The molecule has 0 radical (unpaired) electrons. The second-order valence-electron chi connectivity index (χ2n) is 5.21. The molecule has 1 unspecified atom stereocenters. The predicted molar refractivity (Wildman–Crippen MR) is 80.6 cm³/mol. The number of rotatable bonds is 7. The molecule has 0 aliphatic heterocycles. The minimum atomic E-state index is -0.554. The number of nitro groups is 1. The highest BCUT2D eigenvalue weighted by atomic mass is 16.6. The summed E-state index contributed by atoms with van der Waals surface area (Å²) >= 11 is 0. The minimum absolute atomic E-state index is 0.00779. The third kappa shape index (κ3) is 6.67. The normalized spacial score (nSPS) is 12.6. The lowest BCUT2D eigenvalue weighted by atomic mass is 10.1. The Balaban J connectivity index is 2.45. The van der Waals surface area contributed by atoms with Gasteiger partial charge in [-0.25, -0.2) is 0 Å². The Hall–Kier alpha value is -2.21. The number of nitro benzene ring substituents is 1. The zero-order chi connectivity index (χ0) is 15.8. The number of non-ortho nitro benzene ring substituents is 1. The molecule has 0 bridgehead atoms. The quantitative estimate of drug-likeness (QED) is 0.457. The number of hydrogen-bond donors (Lipinski definition) is 2. The Kier molecular flexibility index (Phi) is 6.55. The van der Waals surface area contributed by atoms with Gasteiger partial charge in [0.25, 0.3) is 5.69 Å². The molecule has 1 atom stereocenters. The van der Waals surface area contributed by atoms with E-state index in [1.807, 2.05) is 13.8 Å². The Labute approximate surface area is 123 Å². The molecule has 1 rings (SSSR count). The van der Waals surface area contributed by atoms with Crippen molar-refractivity contribution in [3.63, 3.8) is 0 Å². The van der Waals surface area contributed by atoms with Gasteiger partial charge >= 0.3 is 0 Å². The van der Waals surface area contributed by atoms with Gasteiger partial charge in [0.05, 0.1) is 11.0 Å². The topological polar surface area (TPSA) is 92.5 Å². The fraction of sp³-hybridized carbons (Fsp3) is 0.400. The molecule has 0 spiro atoms. The summed E-state index contributed by atoms with van der Waals surface area (Å²) in [5, 5.41) is 22.7. The molecular formula is C15H20N2O4. The van der Waals surface area contributed by atoms with E-state index in [-0.39, 0.29) is 18.1 Å². The zero-order valence-electron chi connectivity index (χ0n) is 12.2. The maximum atomic E-state index is 11.6. The number of amides is 1.